The van der Waals surface area contributed by atoms with Gasteiger partial charge in [0.05, 0.1) is 16.8 Å². The molecule has 3 rings (SSSR count). The van der Waals surface area contributed by atoms with Gasteiger partial charge in [-0.1, -0.05) is 12.1 Å². The Bertz CT molecular complexity index is 755. The molecule has 1 aromatic carbocycles. The highest BCUT2D eigenvalue weighted by atomic mass is 16.6. The Morgan fingerprint density at radius 3 is 2.46 bits per heavy atom. The van der Waals surface area contributed by atoms with E-state index in [1.54, 1.807) is 29.3 Å². The summed E-state index contributed by atoms with van der Waals surface area (Å²) < 4.78 is 0. The summed E-state index contributed by atoms with van der Waals surface area (Å²) in [4.78, 5) is 35.0. The van der Waals surface area contributed by atoms with Gasteiger partial charge in [-0.15, -0.1) is 0 Å². The zero-order valence-electron chi connectivity index (χ0n) is 13.3. The first kappa shape index (κ1) is 15.9. The van der Waals surface area contributed by atoms with Gasteiger partial charge in [-0.3, -0.25) is 19.9 Å². The first-order valence-corrected chi connectivity index (χ1v) is 7.62. The number of aromatic nitrogens is 2. The maximum absolute atomic E-state index is 12.4. The summed E-state index contributed by atoms with van der Waals surface area (Å²) in [6, 6.07) is 6.66. The number of hydrogen-bond acceptors (Lipinski definition) is 6. The summed E-state index contributed by atoms with van der Waals surface area (Å²) in [6.07, 6.45) is 3.04. The van der Waals surface area contributed by atoms with E-state index in [0.717, 1.165) is 5.69 Å². The lowest BCUT2D eigenvalue weighted by Gasteiger charge is -2.35. The van der Waals surface area contributed by atoms with Crippen LogP contribution >= 0.6 is 0 Å². The molecule has 0 radical (unpaired) electrons. The van der Waals surface area contributed by atoms with Crippen molar-refractivity contribution in [3.8, 4) is 0 Å². The molecule has 0 N–H and O–H groups in total. The van der Waals surface area contributed by atoms with E-state index in [4.69, 9.17) is 0 Å². The summed E-state index contributed by atoms with van der Waals surface area (Å²) in [5.41, 5.74) is 1.75. The van der Waals surface area contributed by atoms with Crippen LogP contribution in [0.1, 0.15) is 16.2 Å². The molecule has 0 bridgehead atoms. The van der Waals surface area contributed by atoms with Crippen LogP contribution in [0.2, 0.25) is 0 Å². The molecule has 0 atom stereocenters. The van der Waals surface area contributed by atoms with Gasteiger partial charge in [0.25, 0.3) is 11.6 Å². The monoisotopic (exact) mass is 327 g/mol. The van der Waals surface area contributed by atoms with Crippen LogP contribution in [0.15, 0.2) is 36.7 Å². The molecule has 1 amide bonds. The van der Waals surface area contributed by atoms with Gasteiger partial charge in [-0.2, -0.15) is 0 Å². The number of para-hydroxylation sites is 2. The lowest BCUT2D eigenvalue weighted by atomic mass is 10.2. The summed E-state index contributed by atoms with van der Waals surface area (Å²) >= 11 is 0. The molecule has 1 aliphatic heterocycles. The number of nitro benzene ring substituents is 1. The average Bonchev–Trinajstić information content (AvgIpc) is 2.62. The molecule has 0 unspecified atom stereocenters. The molecule has 2 aromatic rings. The second-order valence-electron chi connectivity index (χ2n) is 5.57. The van der Waals surface area contributed by atoms with Gasteiger partial charge in [-0.05, 0) is 13.0 Å². The van der Waals surface area contributed by atoms with E-state index in [2.05, 4.69) is 9.97 Å². The highest BCUT2D eigenvalue weighted by Crippen LogP contribution is 2.28. The van der Waals surface area contributed by atoms with Gasteiger partial charge in [0.2, 0.25) is 0 Å². The number of carbonyl (C=O) groups excluding carboxylic acids is 1. The van der Waals surface area contributed by atoms with E-state index >= 15 is 0 Å². The average molecular weight is 327 g/mol. The molecule has 124 valence electrons. The van der Waals surface area contributed by atoms with Gasteiger partial charge >= 0.3 is 0 Å². The Morgan fingerprint density at radius 2 is 1.83 bits per heavy atom. The Kier molecular flexibility index (Phi) is 4.37. The van der Waals surface area contributed by atoms with E-state index < -0.39 is 0 Å². The lowest BCUT2D eigenvalue weighted by Crippen LogP contribution is -2.49. The molecule has 8 heteroatoms. The van der Waals surface area contributed by atoms with Gasteiger partial charge in [-0.25, -0.2) is 4.98 Å². The first-order chi connectivity index (χ1) is 11.6. The number of benzene rings is 1. The van der Waals surface area contributed by atoms with E-state index in [9.17, 15) is 14.9 Å². The number of carbonyl (C=O) groups is 1. The highest BCUT2D eigenvalue weighted by Gasteiger charge is 2.26. The fourth-order valence-corrected chi connectivity index (χ4v) is 2.70. The summed E-state index contributed by atoms with van der Waals surface area (Å²) in [6.45, 7) is 3.86. The summed E-state index contributed by atoms with van der Waals surface area (Å²) in [7, 11) is 0. The molecule has 1 fully saturated rings. The predicted molar refractivity (Wildman–Crippen MR) is 88.0 cm³/mol. The molecule has 8 nitrogen and oxygen atoms in total. The largest absolute Gasteiger partial charge is 0.362 e. The molecule has 1 aromatic heterocycles. The fourth-order valence-electron chi connectivity index (χ4n) is 2.70. The minimum atomic E-state index is -0.380. The van der Waals surface area contributed by atoms with E-state index in [1.165, 1.54) is 12.3 Å². The third kappa shape index (κ3) is 3.17. The van der Waals surface area contributed by atoms with Crippen LogP contribution in [0.3, 0.4) is 0 Å². The molecule has 2 heterocycles. The van der Waals surface area contributed by atoms with Crippen LogP contribution in [0.5, 0.6) is 0 Å². The number of nitro groups is 1. The zero-order chi connectivity index (χ0) is 17.1. The Morgan fingerprint density at radius 1 is 1.12 bits per heavy atom. The van der Waals surface area contributed by atoms with Crippen molar-refractivity contribution >= 4 is 17.3 Å². The number of aryl methyl sites for hydroxylation is 1. The van der Waals surface area contributed by atoms with Crippen LogP contribution in [0.4, 0.5) is 11.4 Å². The van der Waals surface area contributed by atoms with Crippen LogP contribution in [0, 0.1) is 17.0 Å². The van der Waals surface area contributed by atoms with Crippen LogP contribution in [-0.4, -0.2) is 51.9 Å². The van der Waals surface area contributed by atoms with Crippen molar-refractivity contribution in [2.45, 2.75) is 6.92 Å². The van der Waals surface area contributed by atoms with Gasteiger partial charge < -0.3 is 9.80 Å². The summed E-state index contributed by atoms with van der Waals surface area (Å²) in [5.74, 6) is -0.162. The van der Waals surface area contributed by atoms with Crippen molar-refractivity contribution in [1.29, 1.82) is 0 Å². The van der Waals surface area contributed by atoms with Crippen molar-refractivity contribution in [3.05, 3.63) is 58.2 Å². The SMILES string of the molecule is Cc1cnc(C(=O)N2CCN(c3ccccc3[N+](=O)[O-])CC2)cn1. The number of amides is 1. The van der Waals surface area contributed by atoms with E-state index in [-0.39, 0.29) is 16.5 Å². The summed E-state index contributed by atoms with van der Waals surface area (Å²) in [5, 5.41) is 11.1. The molecular weight excluding hydrogens is 310 g/mol. The topological polar surface area (TPSA) is 92.5 Å². The first-order valence-electron chi connectivity index (χ1n) is 7.62. The standard InChI is InChI=1S/C16H17N5O3/c1-12-10-18-13(11-17-12)16(22)20-8-6-19(7-9-20)14-4-2-3-5-15(14)21(23)24/h2-5,10-11H,6-9H2,1H3. The van der Waals surface area contributed by atoms with Crippen molar-refractivity contribution in [2.75, 3.05) is 31.1 Å². The molecule has 24 heavy (non-hydrogen) atoms. The van der Waals surface area contributed by atoms with Gasteiger partial charge in [0.15, 0.2) is 0 Å². The number of piperazine rings is 1. The minimum Gasteiger partial charge on any atom is -0.362 e. The number of hydrogen-bond donors (Lipinski definition) is 0. The maximum Gasteiger partial charge on any atom is 0.292 e. The highest BCUT2D eigenvalue weighted by molar-refractivity contribution is 5.92. The third-order valence-corrected chi connectivity index (χ3v) is 3.99. The molecule has 0 saturated carbocycles. The van der Waals surface area contributed by atoms with Gasteiger partial charge in [0.1, 0.15) is 11.4 Å². The number of nitrogens with zero attached hydrogens (tertiary/aromatic N) is 5. The van der Waals surface area contributed by atoms with E-state index in [1.807, 2.05) is 11.8 Å². The van der Waals surface area contributed by atoms with Crippen molar-refractivity contribution in [1.82, 2.24) is 14.9 Å². The fraction of sp³-hybridized carbons (Fsp3) is 0.312. The zero-order valence-corrected chi connectivity index (χ0v) is 13.3. The Balaban J connectivity index is 1.69. The van der Waals surface area contributed by atoms with Gasteiger partial charge in [0, 0.05) is 38.4 Å². The molecule has 0 aliphatic carbocycles. The number of anilines is 1. The number of rotatable bonds is 3. The second kappa shape index (κ2) is 6.61. The quantitative estimate of drug-likeness (QED) is 0.629. The molecule has 1 aliphatic rings. The van der Waals surface area contributed by atoms with Crippen LogP contribution in [0.25, 0.3) is 0 Å². The van der Waals surface area contributed by atoms with Crippen molar-refractivity contribution < 1.29 is 9.72 Å². The second-order valence-corrected chi connectivity index (χ2v) is 5.57. The van der Waals surface area contributed by atoms with Crippen LogP contribution in [-0.2, 0) is 0 Å². The molecular formula is C16H17N5O3. The predicted octanol–water partition coefficient (Wildman–Crippen LogP) is 1.66. The molecule has 1 saturated heterocycles. The minimum absolute atomic E-state index is 0.0849. The Labute approximate surface area is 138 Å². The molecule has 0 spiro atoms. The Hall–Kier alpha value is -3.03. The lowest BCUT2D eigenvalue weighted by molar-refractivity contribution is -0.384. The van der Waals surface area contributed by atoms with E-state index in [0.29, 0.717) is 37.6 Å². The third-order valence-electron chi connectivity index (χ3n) is 3.99. The smallest absolute Gasteiger partial charge is 0.292 e. The van der Waals surface area contributed by atoms with Crippen molar-refractivity contribution in [2.24, 2.45) is 0 Å². The maximum atomic E-state index is 12.4. The normalized spacial score (nSPS) is 14.5. The van der Waals surface area contributed by atoms with Crippen molar-refractivity contribution in [3.63, 3.8) is 0 Å². The van der Waals surface area contributed by atoms with Crippen LogP contribution < -0.4 is 4.90 Å².